The average molecular weight is 1100 g/mol. The lowest BCUT2D eigenvalue weighted by Crippen LogP contribution is -2.47. The highest BCUT2D eigenvalue weighted by Gasteiger charge is 2.30. The number of rotatable bonds is 58. The molecule has 0 saturated carbocycles. The number of nitrogens with zero attached hydrogens (tertiary/aromatic N) is 1. The van der Waals surface area contributed by atoms with E-state index in [1.54, 1.807) is 0 Å². The van der Waals surface area contributed by atoms with Crippen molar-refractivity contribution in [2.75, 3.05) is 40.9 Å². The van der Waals surface area contributed by atoms with E-state index in [-0.39, 0.29) is 31.5 Å². The molecule has 10 heteroatoms. The van der Waals surface area contributed by atoms with E-state index in [0.29, 0.717) is 17.4 Å². The summed E-state index contributed by atoms with van der Waals surface area (Å²) in [5, 5.41) is 3.06. The fourth-order valence-corrected chi connectivity index (χ4v) is 9.94. The smallest absolute Gasteiger partial charge is 0.456 e. The van der Waals surface area contributed by atoms with E-state index in [2.05, 4.69) is 86.8 Å². The number of carbonyl (C=O) groups is 2. The summed E-state index contributed by atoms with van der Waals surface area (Å²) in [5.41, 5.74) is 0. The van der Waals surface area contributed by atoms with Crippen LogP contribution in [0.5, 0.6) is 0 Å². The monoisotopic (exact) mass is 1100 g/mol. The minimum atomic E-state index is -4.45. The van der Waals surface area contributed by atoms with E-state index in [0.717, 1.165) is 103 Å². The first-order chi connectivity index (χ1) is 37.4. The molecule has 0 aliphatic rings. The maximum absolute atomic E-state index is 13.5. The van der Waals surface area contributed by atoms with Gasteiger partial charge >= 0.3 is 13.8 Å². The molecule has 0 aliphatic carbocycles. The second-order valence-corrected chi connectivity index (χ2v) is 24.4. The topological polar surface area (TPSA) is 111 Å². The summed E-state index contributed by atoms with van der Waals surface area (Å²) in [6.45, 7) is 6.91. The zero-order chi connectivity index (χ0) is 56.4. The Hall–Kier alpha value is -2.55. The third-order valence-corrected chi connectivity index (χ3v) is 15.1. The number of nitrogens with one attached hydrogen (secondary N) is 1. The Morgan fingerprint density at radius 2 is 0.831 bits per heavy atom. The van der Waals surface area contributed by atoms with Crippen LogP contribution in [0.25, 0.3) is 0 Å². The molecule has 0 aromatic heterocycles. The summed E-state index contributed by atoms with van der Waals surface area (Å²) in [6.07, 6.45) is 73.3. The molecule has 0 rings (SSSR count). The standard InChI is InChI=1S/C67H123N2O7P/c1-7-10-13-16-19-22-25-27-29-31-32-33-34-35-36-38-40-42-45-48-51-54-57-60-67(71)76-65(58-55-52-49-46-43-24-21-18-15-12-9-3)64(63-75-77(72,73)74-62-61-69(4,5)6)68-66(70)59-56-53-50-47-44-41-39-37-30-28-26-23-20-17-14-11-8-2/h10,13,19,22,27,29,32-33,35-36,55,58,64-65H,7-9,11-12,14-18,20-21,23-26,28,30-31,34,37-54,56-57,59-63H2,1-6H3,(H-,68,70,72,73)/p+1/b13-10-,22-19-,29-27-,33-32-,36-35-,58-55+. The van der Waals surface area contributed by atoms with Crippen molar-refractivity contribution in [2.24, 2.45) is 0 Å². The van der Waals surface area contributed by atoms with E-state index in [1.807, 2.05) is 33.3 Å². The van der Waals surface area contributed by atoms with Crippen LogP contribution in [0.3, 0.4) is 0 Å². The molecule has 0 fully saturated rings. The Kier molecular flexibility index (Phi) is 54.8. The summed E-state index contributed by atoms with van der Waals surface area (Å²) < 4.78 is 30.7. The molecule has 0 spiro atoms. The zero-order valence-corrected chi connectivity index (χ0v) is 52.1. The van der Waals surface area contributed by atoms with Gasteiger partial charge in [-0.1, -0.05) is 274 Å². The van der Waals surface area contributed by atoms with E-state index in [4.69, 9.17) is 13.8 Å². The molecule has 0 saturated heterocycles. The summed E-state index contributed by atoms with van der Waals surface area (Å²) in [5.74, 6) is -0.511. The number of ether oxygens (including phenoxy) is 1. The third-order valence-electron chi connectivity index (χ3n) is 14.2. The van der Waals surface area contributed by atoms with Gasteiger partial charge in [0.15, 0.2) is 0 Å². The number of phosphoric ester groups is 1. The van der Waals surface area contributed by atoms with Gasteiger partial charge in [-0.15, -0.1) is 0 Å². The molecule has 0 aliphatic heterocycles. The van der Waals surface area contributed by atoms with Crippen LogP contribution in [-0.4, -0.2) is 74.3 Å². The lowest BCUT2D eigenvalue weighted by molar-refractivity contribution is -0.870. The fraction of sp³-hybridized carbons (Fsp3) is 0.791. The first kappa shape index (κ1) is 74.5. The van der Waals surface area contributed by atoms with Crippen molar-refractivity contribution >= 4 is 19.7 Å². The summed E-state index contributed by atoms with van der Waals surface area (Å²) in [4.78, 5) is 37.7. The molecule has 0 heterocycles. The number of likely N-dealkylation sites (N-methyl/N-ethyl adjacent to an activating group) is 1. The highest BCUT2D eigenvalue weighted by atomic mass is 31.2. The predicted octanol–water partition coefficient (Wildman–Crippen LogP) is 20.0. The van der Waals surface area contributed by atoms with Gasteiger partial charge in [-0.3, -0.25) is 18.6 Å². The van der Waals surface area contributed by atoms with Crippen LogP contribution in [0.4, 0.5) is 0 Å². The van der Waals surface area contributed by atoms with Crippen molar-refractivity contribution < 1.29 is 37.3 Å². The van der Waals surface area contributed by atoms with Gasteiger partial charge in [0.1, 0.15) is 19.3 Å². The number of amides is 1. The van der Waals surface area contributed by atoms with Crippen molar-refractivity contribution in [1.29, 1.82) is 0 Å². The number of hydrogen-bond donors (Lipinski definition) is 2. The van der Waals surface area contributed by atoms with Crippen LogP contribution >= 0.6 is 7.82 Å². The molecule has 77 heavy (non-hydrogen) atoms. The largest absolute Gasteiger partial charge is 0.472 e. The lowest BCUT2D eigenvalue weighted by atomic mass is 10.0. The van der Waals surface area contributed by atoms with Crippen molar-refractivity contribution in [2.45, 2.75) is 303 Å². The Morgan fingerprint density at radius 1 is 0.468 bits per heavy atom. The van der Waals surface area contributed by atoms with Gasteiger partial charge in [-0.2, -0.15) is 0 Å². The zero-order valence-electron chi connectivity index (χ0n) is 51.2. The molecule has 448 valence electrons. The van der Waals surface area contributed by atoms with Crippen LogP contribution < -0.4 is 5.32 Å². The van der Waals surface area contributed by atoms with E-state index in [9.17, 15) is 19.0 Å². The Labute approximate surface area is 476 Å². The first-order valence-corrected chi connectivity index (χ1v) is 33.8. The van der Waals surface area contributed by atoms with Gasteiger partial charge in [0.2, 0.25) is 5.91 Å². The van der Waals surface area contributed by atoms with Crippen LogP contribution in [0.1, 0.15) is 290 Å². The number of quaternary nitrogens is 1. The number of hydrogen-bond acceptors (Lipinski definition) is 6. The SMILES string of the molecule is CC/C=C\C/C=C\C/C=C\C/C=C\C/C=C\CCCCCCCCCC(=O)OC(/C=C/CCCCCCCCCCC)C(COP(=O)(O)OCC[N+](C)(C)C)NC(=O)CCCCCCCCCCCCCCCCCCC. The van der Waals surface area contributed by atoms with Gasteiger partial charge in [0.25, 0.3) is 0 Å². The maximum Gasteiger partial charge on any atom is 0.472 e. The highest BCUT2D eigenvalue weighted by Crippen LogP contribution is 2.43. The molecule has 0 aromatic carbocycles. The van der Waals surface area contributed by atoms with Crippen molar-refractivity contribution in [3.05, 3.63) is 72.9 Å². The molecule has 0 bridgehead atoms. The molecule has 3 atom stereocenters. The minimum Gasteiger partial charge on any atom is -0.456 e. The Bertz CT molecular complexity index is 1550. The quantitative estimate of drug-likeness (QED) is 0.0205. The van der Waals surface area contributed by atoms with Gasteiger partial charge < -0.3 is 19.4 Å². The van der Waals surface area contributed by atoms with Gasteiger partial charge in [0, 0.05) is 12.8 Å². The van der Waals surface area contributed by atoms with Crippen molar-refractivity contribution in [3.8, 4) is 0 Å². The number of allylic oxidation sites excluding steroid dienone is 11. The molecule has 2 N–H and O–H groups in total. The number of phosphoric acid groups is 1. The van der Waals surface area contributed by atoms with E-state index in [1.165, 1.54) is 154 Å². The maximum atomic E-state index is 13.5. The van der Waals surface area contributed by atoms with E-state index >= 15 is 0 Å². The summed E-state index contributed by atoms with van der Waals surface area (Å²) >= 11 is 0. The Balaban J connectivity index is 5.17. The molecule has 0 radical (unpaired) electrons. The average Bonchev–Trinajstić information content (AvgIpc) is 3.39. The minimum absolute atomic E-state index is 0.0375. The van der Waals surface area contributed by atoms with Crippen molar-refractivity contribution in [1.82, 2.24) is 5.32 Å². The van der Waals surface area contributed by atoms with E-state index < -0.39 is 20.0 Å². The first-order valence-electron chi connectivity index (χ1n) is 32.3. The predicted molar refractivity (Wildman–Crippen MR) is 332 cm³/mol. The molecular weight excluding hydrogens is 976 g/mol. The second-order valence-electron chi connectivity index (χ2n) is 22.9. The number of carbonyl (C=O) groups excluding carboxylic acids is 2. The van der Waals surface area contributed by atoms with Crippen molar-refractivity contribution in [3.63, 3.8) is 0 Å². The van der Waals surface area contributed by atoms with Crippen LogP contribution in [0.2, 0.25) is 0 Å². The lowest BCUT2D eigenvalue weighted by Gasteiger charge is -2.27. The molecule has 9 nitrogen and oxygen atoms in total. The number of unbranched alkanes of at least 4 members (excludes halogenated alkanes) is 32. The molecule has 0 aromatic rings. The molecular formula is C67H124N2O7P+. The highest BCUT2D eigenvalue weighted by molar-refractivity contribution is 7.47. The molecule has 3 unspecified atom stereocenters. The van der Waals surface area contributed by atoms with Crippen LogP contribution in [0.15, 0.2) is 72.9 Å². The Morgan fingerprint density at radius 3 is 1.25 bits per heavy atom. The van der Waals surface area contributed by atoms with Gasteiger partial charge in [-0.05, 0) is 76.7 Å². The summed E-state index contributed by atoms with van der Waals surface area (Å²) in [6, 6.07) is -0.853. The second kappa shape index (κ2) is 56.7. The summed E-state index contributed by atoms with van der Waals surface area (Å²) in [7, 11) is 1.49. The fourth-order valence-electron chi connectivity index (χ4n) is 9.20. The molecule has 1 amide bonds. The third kappa shape index (κ3) is 57.9. The van der Waals surface area contributed by atoms with Gasteiger partial charge in [-0.25, -0.2) is 4.57 Å². The number of esters is 1. The van der Waals surface area contributed by atoms with Gasteiger partial charge in [0.05, 0.1) is 33.8 Å². The van der Waals surface area contributed by atoms with Crippen LogP contribution in [0, 0.1) is 0 Å². The normalized spacial score (nSPS) is 14.1. The van der Waals surface area contributed by atoms with Crippen LogP contribution in [-0.2, 0) is 27.9 Å².